The number of allylic oxidation sites excluding steroid dienone is 1. The van der Waals surface area contributed by atoms with E-state index in [4.69, 9.17) is 10.5 Å². The molecule has 12 nitrogen and oxygen atoms in total. The Balaban J connectivity index is 1.10. The SMILES string of the molecule is Nc1nn2c(c1C(=O)NC1=C(N3CCC(C(=O)N4CCN(C5COC5)CC4)CC3)C(F)CN=C1)N=CC(F)C2. The summed E-state index contributed by atoms with van der Waals surface area (Å²) in [5.74, 6) is -0.478. The van der Waals surface area contributed by atoms with Gasteiger partial charge in [-0.25, -0.2) is 18.5 Å². The number of anilines is 1. The van der Waals surface area contributed by atoms with E-state index in [1.807, 2.05) is 9.80 Å². The number of alkyl halides is 2. The molecule has 14 heteroatoms. The molecular weight excluding hydrogens is 512 g/mol. The summed E-state index contributed by atoms with van der Waals surface area (Å²) in [5, 5.41) is 6.75. The molecule has 1 aromatic heterocycles. The Morgan fingerprint density at radius 3 is 2.51 bits per heavy atom. The molecule has 0 spiro atoms. The lowest BCUT2D eigenvalue weighted by Gasteiger charge is -2.44. The second-order valence-corrected chi connectivity index (χ2v) is 10.6. The number of piperidine rings is 1. The van der Waals surface area contributed by atoms with Crippen LogP contribution in [-0.4, -0.2) is 126 Å². The maximum Gasteiger partial charge on any atom is 0.263 e. The summed E-state index contributed by atoms with van der Waals surface area (Å²) in [4.78, 5) is 40.7. The Bertz CT molecular complexity index is 1210. The van der Waals surface area contributed by atoms with Crippen LogP contribution < -0.4 is 11.1 Å². The first kappa shape index (κ1) is 25.9. The van der Waals surface area contributed by atoms with E-state index in [9.17, 15) is 14.0 Å². The van der Waals surface area contributed by atoms with Gasteiger partial charge in [-0.15, -0.1) is 0 Å². The summed E-state index contributed by atoms with van der Waals surface area (Å²) in [6.45, 7) is 5.57. The predicted molar refractivity (Wildman–Crippen MR) is 139 cm³/mol. The first-order valence-corrected chi connectivity index (χ1v) is 13.5. The summed E-state index contributed by atoms with van der Waals surface area (Å²) >= 11 is 0. The van der Waals surface area contributed by atoms with Crippen molar-refractivity contribution in [1.82, 2.24) is 29.8 Å². The fraction of sp³-hybridized carbons (Fsp3) is 0.640. The van der Waals surface area contributed by atoms with Crippen LogP contribution in [0.1, 0.15) is 23.2 Å². The van der Waals surface area contributed by atoms with Gasteiger partial charge in [0.05, 0.1) is 43.7 Å². The Morgan fingerprint density at radius 1 is 1.08 bits per heavy atom. The Kier molecular flexibility index (Phi) is 7.06. The fourth-order valence-electron chi connectivity index (χ4n) is 5.89. The van der Waals surface area contributed by atoms with E-state index < -0.39 is 18.3 Å². The van der Waals surface area contributed by atoms with Gasteiger partial charge in [-0.3, -0.25) is 19.5 Å². The number of ether oxygens (including phenoxy) is 1. The molecule has 2 unspecified atom stereocenters. The molecule has 2 atom stereocenters. The van der Waals surface area contributed by atoms with E-state index in [1.54, 1.807) is 0 Å². The summed E-state index contributed by atoms with van der Waals surface area (Å²) in [6.07, 6.45) is 1.04. The Morgan fingerprint density at radius 2 is 1.82 bits per heavy atom. The van der Waals surface area contributed by atoms with Crippen molar-refractivity contribution in [1.29, 1.82) is 0 Å². The lowest BCUT2D eigenvalue weighted by Crippen LogP contribution is -2.58. The highest BCUT2D eigenvalue weighted by Gasteiger charge is 2.36. The highest BCUT2D eigenvalue weighted by molar-refractivity contribution is 6.06. The zero-order valence-electron chi connectivity index (χ0n) is 21.6. The molecule has 39 heavy (non-hydrogen) atoms. The molecule has 3 saturated heterocycles. The third-order valence-corrected chi connectivity index (χ3v) is 8.14. The molecular formula is C25H33F2N9O3. The monoisotopic (exact) mass is 545 g/mol. The lowest BCUT2D eigenvalue weighted by molar-refractivity contribution is -0.141. The zero-order chi connectivity index (χ0) is 27.1. The number of nitrogens with zero attached hydrogens (tertiary/aromatic N) is 7. The molecule has 0 aliphatic carbocycles. The Labute approximate surface area is 224 Å². The average Bonchev–Trinajstić information content (AvgIpc) is 3.23. The summed E-state index contributed by atoms with van der Waals surface area (Å²) in [5.41, 5.74) is 6.53. The molecule has 0 aromatic carbocycles. The van der Waals surface area contributed by atoms with E-state index in [1.165, 1.54) is 10.9 Å². The largest absolute Gasteiger partial charge is 0.381 e. The van der Waals surface area contributed by atoms with Crippen molar-refractivity contribution in [3.8, 4) is 0 Å². The number of nitrogens with one attached hydrogen (secondary N) is 1. The van der Waals surface area contributed by atoms with E-state index in [0.29, 0.717) is 37.7 Å². The predicted octanol–water partition coefficient (Wildman–Crippen LogP) is 0.138. The number of aliphatic imine (C=N–C) groups is 2. The molecule has 1 aromatic rings. The fourth-order valence-corrected chi connectivity index (χ4v) is 5.89. The topological polar surface area (TPSA) is 134 Å². The van der Waals surface area contributed by atoms with E-state index in [2.05, 4.69) is 25.3 Å². The molecule has 0 saturated carbocycles. The van der Waals surface area contributed by atoms with Crippen LogP contribution in [0.25, 0.3) is 0 Å². The van der Waals surface area contributed by atoms with Crippen molar-refractivity contribution in [2.24, 2.45) is 15.9 Å². The van der Waals surface area contributed by atoms with Gasteiger partial charge in [-0.2, -0.15) is 5.10 Å². The number of aromatic nitrogens is 2. The number of fused-ring (bicyclic) bond motifs is 1. The molecule has 210 valence electrons. The minimum Gasteiger partial charge on any atom is -0.381 e. The number of halogens is 2. The van der Waals surface area contributed by atoms with Crippen molar-refractivity contribution in [3.05, 3.63) is 17.0 Å². The number of nitrogens with two attached hydrogens (primary N) is 1. The minimum absolute atomic E-state index is 0.00798. The van der Waals surface area contributed by atoms with Crippen LogP contribution in [0.5, 0.6) is 0 Å². The van der Waals surface area contributed by atoms with Gasteiger partial charge in [0.1, 0.15) is 5.56 Å². The van der Waals surface area contributed by atoms with Gasteiger partial charge in [0.2, 0.25) is 5.91 Å². The number of nitrogen functional groups attached to an aromatic ring is 1. The van der Waals surface area contributed by atoms with Crippen molar-refractivity contribution < 1.29 is 23.1 Å². The first-order valence-electron chi connectivity index (χ1n) is 13.5. The molecule has 5 aliphatic heterocycles. The zero-order valence-corrected chi connectivity index (χ0v) is 21.6. The molecule has 0 bridgehead atoms. The number of likely N-dealkylation sites (tertiary alicyclic amines) is 1. The number of hydrogen-bond donors (Lipinski definition) is 2. The second kappa shape index (κ2) is 10.6. The molecule has 2 amide bonds. The highest BCUT2D eigenvalue weighted by atomic mass is 19.1. The molecule has 0 radical (unpaired) electrons. The first-order chi connectivity index (χ1) is 18.9. The number of hydrogen-bond acceptors (Lipinski definition) is 9. The molecule has 6 heterocycles. The van der Waals surface area contributed by atoms with Gasteiger partial charge in [-0.1, -0.05) is 0 Å². The van der Waals surface area contributed by atoms with Crippen LogP contribution in [0, 0.1) is 5.92 Å². The van der Waals surface area contributed by atoms with Crippen LogP contribution in [-0.2, 0) is 16.1 Å². The number of carbonyl (C=O) groups excluding carboxylic acids is 2. The molecule has 3 fully saturated rings. The van der Waals surface area contributed by atoms with Crippen LogP contribution in [0.2, 0.25) is 0 Å². The molecule has 6 rings (SSSR count). The van der Waals surface area contributed by atoms with Crippen molar-refractivity contribution in [2.75, 3.05) is 64.8 Å². The van der Waals surface area contributed by atoms with Gasteiger partial charge >= 0.3 is 0 Å². The van der Waals surface area contributed by atoms with E-state index >= 15 is 4.39 Å². The van der Waals surface area contributed by atoms with Crippen molar-refractivity contribution in [2.45, 2.75) is 37.8 Å². The van der Waals surface area contributed by atoms with Crippen molar-refractivity contribution >= 4 is 35.9 Å². The summed E-state index contributed by atoms with van der Waals surface area (Å²) < 4.78 is 35.4. The van der Waals surface area contributed by atoms with E-state index in [0.717, 1.165) is 45.6 Å². The third-order valence-electron chi connectivity index (χ3n) is 8.14. The number of piperazine rings is 1. The highest BCUT2D eigenvalue weighted by Crippen LogP contribution is 2.30. The minimum atomic E-state index is -1.40. The number of amides is 2. The number of carbonyl (C=O) groups is 2. The quantitative estimate of drug-likeness (QED) is 0.538. The van der Waals surface area contributed by atoms with Gasteiger partial charge < -0.3 is 25.6 Å². The van der Waals surface area contributed by atoms with Crippen LogP contribution >= 0.6 is 0 Å². The standard InChI is InChI=1S/C25H33F2N9O3/c26-16-9-30-23-20(22(28)32-36(23)12-16)24(37)31-19-11-29-10-18(27)21(19)34-3-1-15(2-4-34)25(38)35-7-5-33(6-8-35)17-13-39-14-17/h9,11,15-18H,1-8,10,12-14H2,(H2,28,32)(H,31,37). The normalized spacial score (nSPS) is 26.5. The van der Waals surface area contributed by atoms with Gasteiger partial charge in [0.25, 0.3) is 5.91 Å². The average molecular weight is 546 g/mol. The van der Waals surface area contributed by atoms with Crippen LogP contribution in [0.15, 0.2) is 21.4 Å². The van der Waals surface area contributed by atoms with Crippen molar-refractivity contribution in [3.63, 3.8) is 0 Å². The number of rotatable bonds is 5. The summed E-state index contributed by atoms with van der Waals surface area (Å²) in [6, 6.07) is 0.479. The smallest absolute Gasteiger partial charge is 0.263 e. The number of dihydropyridines is 1. The van der Waals surface area contributed by atoms with Crippen LogP contribution in [0.3, 0.4) is 0 Å². The maximum atomic E-state index is 15.2. The Hall–Kier alpha value is -3.39. The molecule has 3 N–H and O–H groups in total. The maximum absolute atomic E-state index is 15.2. The van der Waals surface area contributed by atoms with E-state index in [-0.39, 0.29) is 47.8 Å². The second-order valence-electron chi connectivity index (χ2n) is 10.6. The third kappa shape index (κ3) is 5.02. The van der Waals surface area contributed by atoms with Crippen LogP contribution in [0.4, 0.5) is 20.4 Å². The van der Waals surface area contributed by atoms with Gasteiger partial charge in [0.15, 0.2) is 24.0 Å². The van der Waals surface area contributed by atoms with Gasteiger partial charge in [-0.05, 0) is 12.8 Å². The molecule has 5 aliphatic rings. The van der Waals surface area contributed by atoms with Gasteiger partial charge in [0, 0.05) is 57.6 Å². The lowest BCUT2D eigenvalue weighted by atomic mass is 9.93. The summed E-state index contributed by atoms with van der Waals surface area (Å²) in [7, 11) is 0.